The molecule has 1 heterocycles. The number of hydrogen-bond acceptors (Lipinski definition) is 5. The number of nitrogens with two attached hydrogens (primary N) is 1. The molecule has 0 saturated heterocycles. The summed E-state index contributed by atoms with van der Waals surface area (Å²) in [5.74, 6) is -1.62. The molecule has 118 valence electrons. The lowest BCUT2D eigenvalue weighted by atomic mass is 10.1. The Balaban J connectivity index is 2.59. The first kappa shape index (κ1) is 17.1. The summed E-state index contributed by atoms with van der Waals surface area (Å²) in [4.78, 5) is 29.5. The number of carbonyl (C=O) groups excluding carboxylic acids is 1. The van der Waals surface area contributed by atoms with Crippen molar-refractivity contribution in [3.8, 4) is 0 Å². The van der Waals surface area contributed by atoms with Crippen LogP contribution < -0.4 is 5.73 Å². The van der Waals surface area contributed by atoms with Gasteiger partial charge < -0.3 is 25.0 Å². The Hall–Kier alpha value is -1.93. The zero-order chi connectivity index (χ0) is 16.0. The summed E-state index contributed by atoms with van der Waals surface area (Å²) < 4.78 is 5.74. The second-order valence-corrected chi connectivity index (χ2v) is 6.02. The van der Waals surface area contributed by atoms with Gasteiger partial charge in [0.2, 0.25) is 0 Å². The van der Waals surface area contributed by atoms with Crippen LogP contribution in [0, 0.1) is 0 Å². The number of ether oxygens (including phenoxy) is 1. The van der Waals surface area contributed by atoms with Crippen molar-refractivity contribution in [2.24, 2.45) is 5.73 Å². The molecule has 0 bridgehead atoms. The summed E-state index contributed by atoms with van der Waals surface area (Å²) in [5.41, 5.74) is 6.50. The first-order valence-corrected chi connectivity index (χ1v) is 6.63. The fraction of sp³-hybridized carbons (Fsp3) is 0.615. The molecule has 4 N–H and O–H groups in total. The van der Waals surface area contributed by atoms with Gasteiger partial charge in [0.1, 0.15) is 12.6 Å². The second kappa shape index (κ2) is 7.19. The lowest BCUT2D eigenvalue weighted by Gasteiger charge is -2.28. The van der Waals surface area contributed by atoms with Crippen molar-refractivity contribution in [2.75, 3.05) is 27.7 Å². The van der Waals surface area contributed by atoms with Gasteiger partial charge in [-0.1, -0.05) is 0 Å². The first-order chi connectivity index (χ1) is 9.67. The summed E-state index contributed by atoms with van der Waals surface area (Å²) in [5, 5.41) is 8.90. The van der Waals surface area contributed by atoms with E-state index in [0.29, 0.717) is 11.0 Å². The number of nitrogens with zero attached hydrogens (tertiary/aromatic N) is 2. The van der Waals surface area contributed by atoms with Crippen molar-refractivity contribution in [1.82, 2.24) is 9.97 Å². The van der Waals surface area contributed by atoms with Gasteiger partial charge in [-0.2, -0.15) is 0 Å². The Labute approximate surface area is 123 Å². The molecule has 1 rings (SSSR count). The minimum absolute atomic E-state index is 0.238. The van der Waals surface area contributed by atoms with E-state index in [1.54, 1.807) is 6.20 Å². The van der Waals surface area contributed by atoms with Crippen LogP contribution in [0.2, 0.25) is 0 Å². The largest absolute Gasteiger partial charge is 0.481 e. The number of hydrogen-bond donors (Lipinski definition) is 3. The van der Waals surface area contributed by atoms with Crippen LogP contribution in [0.3, 0.4) is 0 Å². The van der Waals surface area contributed by atoms with E-state index in [0.717, 1.165) is 5.69 Å². The molecule has 2 atom stereocenters. The molecule has 1 aromatic heterocycles. The highest BCUT2D eigenvalue weighted by Crippen LogP contribution is 2.07. The van der Waals surface area contributed by atoms with E-state index in [9.17, 15) is 9.59 Å². The lowest BCUT2D eigenvalue weighted by Crippen LogP contribution is -2.46. The maximum absolute atomic E-state index is 12.0. The molecule has 0 fully saturated rings. The third-order valence-electron chi connectivity index (χ3n) is 2.73. The minimum Gasteiger partial charge on any atom is -0.481 e. The number of carboxylic acids is 1. The Bertz CT molecular complexity index is 467. The monoisotopic (exact) mass is 299 g/mol. The zero-order valence-electron chi connectivity index (χ0n) is 12.6. The van der Waals surface area contributed by atoms with Gasteiger partial charge in [0.25, 0.3) is 0 Å². The average Bonchev–Trinajstić information content (AvgIpc) is 2.78. The Morgan fingerprint density at radius 1 is 1.48 bits per heavy atom. The number of quaternary nitrogens is 1. The molecular weight excluding hydrogens is 276 g/mol. The van der Waals surface area contributed by atoms with E-state index in [-0.39, 0.29) is 12.8 Å². The van der Waals surface area contributed by atoms with E-state index in [1.807, 2.05) is 21.1 Å². The van der Waals surface area contributed by atoms with Gasteiger partial charge >= 0.3 is 11.9 Å². The standard InChI is InChI=1S/C13H22N4O4/c1-17(2,3)7-10(5-12(18)19)21-13(20)11(14)4-9-6-15-8-16-9/h6,8,10-11H,4-5,7,14H2,1-3H3,(H-,15,16,18,19)/p+1/t10-,11-/m0/s1. The lowest BCUT2D eigenvalue weighted by molar-refractivity contribution is -0.873. The number of aliphatic carboxylic acids is 1. The first-order valence-electron chi connectivity index (χ1n) is 6.63. The van der Waals surface area contributed by atoms with Gasteiger partial charge in [-0.25, -0.2) is 4.98 Å². The SMILES string of the molecule is C[N+](C)(C)C[C@H](CC(=O)O)OC(=O)[C@@H](N)Cc1cnc[nH]1. The maximum Gasteiger partial charge on any atom is 0.323 e. The second-order valence-electron chi connectivity index (χ2n) is 6.02. The Morgan fingerprint density at radius 3 is 2.62 bits per heavy atom. The normalized spacial score (nSPS) is 14.5. The van der Waals surface area contributed by atoms with Crippen LogP contribution >= 0.6 is 0 Å². The van der Waals surface area contributed by atoms with Crippen molar-refractivity contribution < 1.29 is 23.9 Å². The third-order valence-corrected chi connectivity index (χ3v) is 2.73. The van der Waals surface area contributed by atoms with Crippen LogP contribution in [0.15, 0.2) is 12.5 Å². The highest BCUT2D eigenvalue weighted by atomic mass is 16.5. The summed E-state index contributed by atoms with van der Waals surface area (Å²) in [7, 11) is 5.69. The fourth-order valence-corrected chi connectivity index (χ4v) is 1.92. The van der Waals surface area contributed by atoms with E-state index in [2.05, 4.69) is 9.97 Å². The zero-order valence-corrected chi connectivity index (χ0v) is 12.6. The van der Waals surface area contributed by atoms with Gasteiger partial charge in [0.05, 0.1) is 33.9 Å². The van der Waals surface area contributed by atoms with Crippen LogP contribution in [-0.4, -0.2) is 71.3 Å². The average molecular weight is 299 g/mol. The number of carbonyl (C=O) groups is 2. The highest BCUT2D eigenvalue weighted by Gasteiger charge is 2.27. The molecule has 0 aliphatic rings. The quantitative estimate of drug-likeness (QED) is 0.434. The maximum atomic E-state index is 12.0. The number of rotatable bonds is 8. The molecule has 21 heavy (non-hydrogen) atoms. The van der Waals surface area contributed by atoms with Crippen LogP contribution in [0.1, 0.15) is 12.1 Å². The smallest absolute Gasteiger partial charge is 0.323 e. The van der Waals surface area contributed by atoms with Crippen molar-refractivity contribution in [1.29, 1.82) is 0 Å². The topological polar surface area (TPSA) is 118 Å². The fourth-order valence-electron chi connectivity index (χ4n) is 1.92. The van der Waals surface area contributed by atoms with Gasteiger partial charge in [-0.3, -0.25) is 9.59 Å². The molecule has 0 radical (unpaired) electrons. The number of aromatic nitrogens is 2. The number of aromatic amines is 1. The number of carboxylic acid groups (broad SMARTS) is 1. The van der Waals surface area contributed by atoms with Gasteiger partial charge in [-0.05, 0) is 0 Å². The number of nitrogens with one attached hydrogen (secondary N) is 1. The molecule has 0 unspecified atom stereocenters. The summed E-state index contributed by atoms with van der Waals surface area (Å²) in [6, 6.07) is -0.853. The Morgan fingerprint density at radius 2 is 2.14 bits per heavy atom. The Kier molecular flexibility index (Phi) is 5.86. The predicted octanol–water partition coefficient (Wildman–Crippen LogP) is -0.628. The summed E-state index contributed by atoms with van der Waals surface area (Å²) in [6.07, 6.45) is 2.40. The number of imidazole rings is 1. The molecule has 0 aliphatic carbocycles. The highest BCUT2D eigenvalue weighted by molar-refractivity contribution is 5.76. The van der Waals surface area contributed by atoms with Crippen molar-refractivity contribution in [3.05, 3.63) is 18.2 Å². The number of likely N-dealkylation sites (N-methyl/N-ethyl adjacent to an activating group) is 1. The molecule has 8 heteroatoms. The van der Waals surface area contributed by atoms with Gasteiger partial charge in [0.15, 0.2) is 6.10 Å². The number of esters is 1. The molecule has 0 spiro atoms. The van der Waals surface area contributed by atoms with Crippen LogP contribution in [0.25, 0.3) is 0 Å². The van der Waals surface area contributed by atoms with E-state index < -0.39 is 24.1 Å². The van der Waals surface area contributed by atoms with Gasteiger partial charge in [-0.15, -0.1) is 0 Å². The van der Waals surface area contributed by atoms with Crippen molar-refractivity contribution in [2.45, 2.75) is 25.0 Å². The van der Waals surface area contributed by atoms with E-state index >= 15 is 0 Å². The molecule has 0 aromatic carbocycles. The van der Waals surface area contributed by atoms with Crippen molar-refractivity contribution >= 4 is 11.9 Å². The molecule has 8 nitrogen and oxygen atoms in total. The summed E-state index contributed by atoms with van der Waals surface area (Å²) >= 11 is 0. The minimum atomic E-state index is -1.01. The van der Waals surface area contributed by atoms with E-state index in [1.165, 1.54) is 6.33 Å². The molecule has 1 aromatic rings. The molecule has 0 aliphatic heterocycles. The van der Waals surface area contributed by atoms with Crippen LogP contribution in [0.4, 0.5) is 0 Å². The molecule has 0 amide bonds. The third kappa shape index (κ3) is 6.87. The van der Waals surface area contributed by atoms with Crippen molar-refractivity contribution in [3.63, 3.8) is 0 Å². The molecule has 0 saturated carbocycles. The number of H-pyrrole nitrogens is 1. The predicted molar refractivity (Wildman–Crippen MR) is 75.3 cm³/mol. The summed E-state index contributed by atoms with van der Waals surface area (Å²) in [6.45, 7) is 0.398. The van der Waals surface area contributed by atoms with E-state index in [4.69, 9.17) is 15.6 Å². The molecular formula is C13H23N4O4+. The van der Waals surface area contributed by atoms with Crippen LogP contribution in [0.5, 0.6) is 0 Å². The van der Waals surface area contributed by atoms with Gasteiger partial charge in [0, 0.05) is 18.3 Å². The van der Waals surface area contributed by atoms with Crippen LogP contribution in [-0.2, 0) is 20.7 Å².